The minimum Gasteiger partial charge on any atom is -0.496 e. The van der Waals surface area contributed by atoms with Crippen molar-refractivity contribution in [2.45, 2.75) is 52.5 Å². The molecule has 0 bridgehead atoms. The Hall–Kier alpha value is -1.02. The van der Waals surface area contributed by atoms with Crippen LogP contribution in [0, 0.1) is 0 Å². The normalized spacial score (nSPS) is 12.3. The molecule has 1 aromatic carbocycles. The summed E-state index contributed by atoms with van der Waals surface area (Å²) in [5.74, 6) is 1.00. The molecule has 0 aromatic heterocycles. The first-order chi connectivity index (χ1) is 8.75. The highest BCUT2D eigenvalue weighted by molar-refractivity contribution is 5.39. The summed E-state index contributed by atoms with van der Waals surface area (Å²) in [6.07, 6.45) is 1.03. The fourth-order valence-corrected chi connectivity index (χ4v) is 2.00. The van der Waals surface area contributed by atoms with Gasteiger partial charge < -0.3 is 9.64 Å². The van der Waals surface area contributed by atoms with Gasteiger partial charge in [0.25, 0.3) is 0 Å². The average molecular weight is 263 g/mol. The lowest BCUT2D eigenvalue weighted by Gasteiger charge is -2.23. The Kier molecular flexibility index (Phi) is 5.42. The molecular weight excluding hydrogens is 234 g/mol. The zero-order valence-electron chi connectivity index (χ0n) is 13.6. The van der Waals surface area contributed by atoms with Crippen LogP contribution in [0.2, 0.25) is 0 Å². The van der Waals surface area contributed by atoms with Crippen molar-refractivity contribution >= 4 is 0 Å². The third-order valence-corrected chi connectivity index (χ3v) is 3.76. The molecule has 108 valence electrons. The molecule has 0 amide bonds. The van der Waals surface area contributed by atoms with Gasteiger partial charge in [-0.25, -0.2) is 0 Å². The molecule has 0 aliphatic carbocycles. The van der Waals surface area contributed by atoms with Crippen LogP contribution in [-0.2, 0) is 11.8 Å². The maximum atomic E-state index is 5.49. The lowest BCUT2D eigenvalue weighted by Crippen LogP contribution is -2.28. The lowest BCUT2D eigenvalue weighted by atomic mass is 9.85. The van der Waals surface area contributed by atoms with Gasteiger partial charge in [-0.1, -0.05) is 32.9 Å². The highest BCUT2D eigenvalue weighted by atomic mass is 16.5. The van der Waals surface area contributed by atoms with Crippen molar-refractivity contribution < 1.29 is 4.74 Å². The van der Waals surface area contributed by atoms with E-state index in [9.17, 15) is 0 Å². The first-order valence-corrected chi connectivity index (χ1v) is 7.13. The quantitative estimate of drug-likeness (QED) is 0.799. The molecule has 0 fully saturated rings. The molecule has 1 rings (SSSR count). The number of hydrogen-bond donors (Lipinski definition) is 0. The second-order valence-electron chi connectivity index (χ2n) is 6.60. The van der Waals surface area contributed by atoms with Gasteiger partial charge in [0.15, 0.2) is 0 Å². The monoisotopic (exact) mass is 263 g/mol. The molecule has 0 atom stereocenters. The van der Waals surface area contributed by atoms with E-state index in [0.717, 1.165) is 18.7 Å². The molecule has 0 N–H and O–H groups in total. The molecule has 0 heterocycles. The van der Waals surface area contributed by atoms with Gasteiger partial charge in [-0.2, -0.15) is 0 Å². The summed E-state index contributed by atoms with van der Waals surface area (Å²) in [5.41, 5.74) is 2.86. The Bertz CT molecular complexity index is 404. The van der Waals surface area contributed by atoms with Gasteiger partial charge in [-0.05, 0) is 49.9 Å². The standard InChI is InChI=1S/C17H29NO/c1-13(2)18(6)11-10-14-12-15(17(3,4)5)8-9-16(14)19-7/h8-9,12-13H,10-11H2,1-7H3. The Morgan fingerprint density at radius 3 is 2.32 bits per heavy atom. The molecule has 19 heavy (non-hydrogen) atoms. The number of benzene rings is 1. The molecule has 2 heteroatoms. The number of likely N-dealkylation sites (N-methyl/N-ethyl adjacent to an activating group) is 1. The summed E-state index contributed by atoms with van der Waals surface area (Å²) in [4.78, 5) is 2.36. The molecular formula is C17H29NO. The molecule has 0 saturated carbocycles. The molecule has 1 aromatic rings. The van der Waals surface area contributed by atoms with Crippen LogP contribution < -0.4 is 4.74 Å². The molecule has 2 nitrogen and oxygen atoms in total. The van der Waals surface area contributed by atoms with Crippen molar-refractivity contribution in [1.82, 2.24) is 4.90 Å². The summed E-state index contributed by atoms with van der Waals surface area (Å²) < 4.78 is 5.49. The van der Waals surface area contributed by atoms with Gasteiger partial charge in [0.1, 0.15) is 5.75 Å². The Balaban J connectivity index is 2.91. The third kappa shape index (κ3) is 4.54. The summed E-state index contributed by atoms with van der Waals surface area (Å²) in [7, 11) is 3.92. The van der Waals surface area contributed by atoms with Crippen molar-refractivity contribution in [1.29, 1.82) is 0 Å². The van der Waals surface area contributed by atoms with Crippen molar-refractivity contribution in [3.8, 4) is 5.75 Å². The highest BCUT2D eigenvalue weighted by Crippen LogP contribution is 2.28. The predicted octanol–water partition coefficient (Wildman–Crippen LogP) is 3.88. The van der Waals surface area contributed by atoms with Gasteiger partial charge in [-0.15, -0.1) is 0 Å². The van der Waals surface area contributed by atoms with Gasteiger partial charge >= 0.3 is 0 Å². The second kappa shape index (κ2) is 6.42. The van der Waals surface area contributed by atoms with E-state index in [-0.39, 0.29) is 5.41 Å². The first kappa shape index (κ1) is 16.0. The SMILES string of the molecule is COc1ccc(C(C)(C)C)cc1CCN(C)C(C)C. The summed E-state index contributed by atoms with van der Waals surface area (Å²) >= 11 is 0. The number of ether oxygens (including phenoxy) is 1. The van der Waals surface area contributed by atoms with E-state index in [4.69, 9.17) is 4.74 Å². The molecule has 0 spiro atoms. The van der Waals surface area contributed by atoms with Crippen molar-refractivity contribution in [2.75, 3.05) is 20.7 Å². The Morgan fingerprint density at radius 2 is 1.84 bits per heavy atom. The lowest BCUT2D eigenvalue weighted by molar-refractivity contribution is 0.276. The second-order valence-corrected chi connectivity index (χ2v) is 6.60. The van der Waals surface area contributed by atoms with Crippen LogP contribution in [-0.4, -0.2) is 31.6 Å². The van der Waals surface area contributed by atoms with Crippen LogP contribution >= 0.6 is 0 Å². The van der Waals surface area contributed by atoms with E-state index < -0.39 is 0 Å². The van der Waals surface area contributed by atoms with Gasteiger partial charge in [-0.3, -0.25) is 0 Å². The van der Waals surface area contributed by atoms with Crippen LogP contribution in [0.3, 0.4) is 0 Å². The number of hydrogen-bond acceptors (Lipinski definition) is 2. The van der Waals surface area contributed by atoms with Gasteiger partial charge in [0.2, 0.25) is 0 Å². The van der Waals surface area contributed by atoms with E-state index in [0.29, 0.717) is 6.04 Å². The summed E-state index contributed by atoms with van der Waals surface area (Å²) in [6.45, 7) is 12.3. The molecule has 0 radical (unpaired) electrons. The van der Waals surface area contributed by atoms with Crippen molar-refractivity contribution in [3.05, 3.63) is 29.3 Å². The van der Waals surface area contributed by atoms with E-state index >= 15 is 0 Å². The number of rotatable bonds is 5. The van der Waals surface area contributed by atoms with Crippen molar-refractivity contribution in [2.24, 2.45) is 0 Å². The average Bonchev–Trinajstić information content (AvgIpc) is 2.34. The van der Waals surface area contributed by atoms with Crippen LogP contribution in [0.4, 0.5) is 0 Å². The van der Waals surface area contributed by atoms with Gasteiger partial charge in [0.05, 0.1) is 7.11 Å². The fraction of sp³-hybridized carbons (Fsp3) is 0.647. The third-order valence-electron chi connectivity index (χ3n) is 3.76. The van der Waals surface area contributed by atoms with E-state index in [1.807, 2.05) is 0 Å². The maximum Gasteiger partial charge on any atom is 0.122 e. The van der Waals surface area contributed by atoms with Gasteiger partial charge in [0, 0.05) is 12.6 Å². The zero-order chi connectivity index (χ0) is 14.6. The molecule has 0 unspecified atom stereocenters. The van der Waals surface area contributed by atoms with Crippen LogP contribution in [0.15, 0.2) is 18.2 Å². The van der Waals surface area contributed by atoms with Crippen molar-refractivity contribution in [3.63, 3.8) is 0 Å². The summed E-state index contributed by atoms with van der Waals surface area (Å²) in [6, 6.07) is 7.16. The topological polar surface area (TPSA) is 12.5 Å². The van der Waals surface area contributed by atoms with E-state index in [1.165, 1.54) is 11.1 Å². The number of methoxy groups -OCH3 is 1. The zero-order valence-corrected chi connectivity index (χ0v) is 13.6. The van der Waals surface area contributed by atoms with Crippen LogP contribution in [0.1, 0.15) is 45.7 Å². The molecule has 0 aliphatic rings. The maximum absolute atomic E-state index is 5.49. The molecule has 0 aliphatic heterocycles. The smallest absolute Gasteiger partial charge is 0.122 e. The Morgan fingerprint density at radius 1 is 1.21 bits per heavy atom. The molecule has 0 saturated heterocycles. The van der Waals surface area contributed by atoms with E-state index in [2.05, 4.69) is 64.8 Å². The number of nitrogens with zero attached hydrogens (tertiary/aromatic N) is 1. The highest BCUT2D eigenvalue weighted by Gasteiger charge is 2.16. The summed E-state index contributed by atoms with van der Waals surface area (Å²) in [5, 5.41) is 0. The van der Waals surface area contributed by atoms with E-state index in [1.54, 1.807) is 7.11 Å². The predicted molar refractivity (Wildman–Crippen MR) is 83.2 cm³/mol. The van der Waals surface area contributed by atoms with Crippen LogP contribution in [0.25, 0.3) is 0 Å². The fourth-order valence-electron chi connectivity index (χ4n) is 2.00. The Labute approximate surface area is 118 Å². The largest absolute Gasteiger partial charge is 0.496 e. The van der Waals surface area contributed by atoms with Crippen LogP contribution in [0.5, 0.6) is 5.75 Å². The minimum absolute atomic E-state index is 0.185. The minimum atomic E-state index is 0.185. The first-order valence-electron chi connectivity index (χ1n) is 7.13.